The van der Waals surface area contributed by atoms with Crippen molar-refractivity contribution >= 4 is 34.5 Å². The van der Waals surface area contributed by atoms with Gasteiger partial charge >= 0.3 is 12.1 Å². The monoisotopic (exact) mass is 988 g/mol. The van der Waals surface area contributed by atoms with Gasteiger partial charge in [-0.1, -0.05) is 24.3 Å². The van der Waals surface area contributed by atoms with Gasteiger partial charge in [-0.05, 0) is 101 Å². The normalized spacial score (nSPS) is 21.4. The van der Waals surface area contributed by atoms with Crippen LogP contribution < -0.4 is 35.7 Å². The fourth-order valence-corrected chi connectivity index (χ4v) is 11.3. The Balaban J connectivity index is 0.828. The average molecular weight is 988 g/mol. The second-order valence-electron chi connectivity index (χ2n) is 20.3. The van der Waals surface area contributed by atoms with Crippen LogP contribution in [0.25, 0.3) is 33.3 Å². The highest BCUT2D eigenvalue weighted by molar-refractivity contribution is 5.82. The van der Waals surface area contributed by atoms with E-state index in [1.165, 1.54) is 0 Å². The molecule has 16 nitrogen and oxygen atoms in total. The Morgan fingerprint density at radius 1 is 0.681 bits per heavy atom. The van der Waals surface area contributed by atoms with Crippen molar-refractivity contribution in [3.8, 4) is 22.3 Å². The first-order chi connectivity index (χ1) is 34.9. The molecule has 4 N–H and O–H groups in total. The molecular formula is C54H69F2N12O4+. The Kier molecular flexibility index (Phi) is 14.1. The van der Waals surface area contributed by atoms with Gasteiger partial charge in [0.25, 0.3) is 0 Å². The summed E-state index contributed by atoms with van der Waals surface area (Å²) in [5, 5.41) is 17.6. The maximum atomic E-state index is 16.2. The molecule has 3 atom stereocenters. The number of amides is 4. The fourth-order valence-electron chi connectivity index (χ4n) is 11.3. The van der Waals surface area contributed by atoms with Gasteiger partial charge in [0.2, 0.25) is 0 Å². The van der Waals surface area contributed by atoms with E-state index in [-0.39, 0.29) is 35.8 Å². The van der Waals surface area contributed by atoms with Gasteiger partial charge in [-0.25, -0.2) is 22.9 Å². The molecule has 0 bridgehead atoms. The Hall–Kier alpha value is -6.34. The molecule has 8 heterocycles. The number of ether oxygens (including phenoxy) is 2. The number of nitrogens with zero attached hydrogens (tertiary/aromatic N) is 8. The molecule has 4 amide bonds. The second kappa shape index (κ2) is 20.6. The second-order valence-corrected chi connectivity index (χ2v) is 20.3. The summed E-state index contributed by atoms with van der Waals surface area (Å²) in [5.41, 5.74) is 6.83. The number of fused-ring (bicyclic) bond motifs is 2. The van der Waals surface area contributed by atoms with Crippen molar-refractivity contribution in [2.24, 2.45) is 0 Å². The zero-order chi connectivity index (χ0) is 50.1. The predicted molar refractivity (Wildman–Crippen MR) is 274 cm³/mol. The van der Waals surface area contributed by atoms with E-state index in [0.29, 0.717) is 83.1 Å². The van der Waals surface area contributed by atoms with Crippen molar-refractivity contribution in [2.45, 2.75) is 76.3 Å². The SMILES string of the molecule is CO[C@]1(c2ccc(-c3cc4c(N5CCN(C(=O)NC(C)C)CC5)cc[n+](CC(C)NC(=O)N5CCN(c6ccnn7cc(-c8ccc([C@]9(OC)CCCNC9)c(F)c8)cc67)CC5)n4c3)cc2F)CCCNC1. The van der Waals surface area contributed by atoms with E-state index in [1.54, 1.807) is 32.5 Å². The number of carbonyl (C=O) groups is 2. The zero-order valence-electron chi connectivity index (χ0n) is 42.2. The minimum atomic E-state index is -0.718. The summed E-state index contributed by atoms with van der Waals surface area (Å²) in [6.45, 7) is 14.1. The first-order valence-corrected chi connectivity index (χ1v) is 25.6. The van der Waals surface area contributed by atoms with Crippen molar-refractivity contribution in [2.75, 3.05) is 103 Å². The molecule has 1 unspecified atom stereocenters. The molecule has 0 saturated carbocycles. The lowest BCUT2D eigenvalue weighted by atomic mass is 9.85. The van der Waals surface area contributed by atoms with Gasteiger partial charge in [0.05, 0.1) is 29.1 Å². The van der Waals surface area contributed by atoms with Crippen molar-refractivity contribution in [3.63, 3.8) is 0 Å². The topological polar surface area (TPSA) is 139 Å². The number of benzene rings is 2. The molecule has 6 aromatic rings. The summed E-state index contributed by atoms with van der Waals surface area (Å²) in [6, 6.07) is 18.7. The lowest BCUT2D eigenvalue weighted by molar-refractivity contribution is -0.764. The van der Waals surface area contributed by atoms with Crippen LogP contribution in [0.1, 0.15) is 57.6 Å². The summed E-state index contributed by atoms with van der Waals surface area (Å²) >= 11 is 0. The van der Waals surface area contributed by atoms with E-state index in [1.807, 2.05) is 84.0 Å². The van der Waals surface area contributed by atoms with Crippen LogP contribution in [-0.2, 0) is 27.2 Å². The van der Waals surface area contributed by atoms with Crippen LogP contribution in [0.3, 0.4) is 0 Å². The molecule has 4 aliphatic heterocycles. The highest BCUT2D eigenvalue weighted by Gasteiger charge is 2.38. The van der Waals surface area contributed by atoms with Crippen LogP contribution in [0.4, 0.5) is 29.7 Å². The van der Waals surface area contributed by atoms with Gasteiger partial charge in [-0.15, -0.1) is 9.20 Å². The van der Waals surface area contributed by atoms with Crippen LogP contribution in [0.15, 0.2) is 85.5 Å². The van der Waals surface area contributed by atoms with Crippen molar-refractivity contribution < 1.29 is 32.5 Å². The van der Waals surface area contributed by atoms with Crippen molar-refractivity contribution in [1.29, 1.82) is 0 Å². The van der Waals surface area contributed by atoms with Crippen molar-refractivity contribution in [1.82, 2.24) is 45.2 Å². The fraction of sp³-hybridized carbons (Fsp3) is 0.481. The van der Waals surface area contributed by atoms with Gasteiger partial charge in [0.15, 0.2) is 12.7 Å². The number of hydrogen-bond acceptors (Lipinski definition) is 9. The van der Waals surface area contributed by atoms with Gasteiger partial charge in [-0.3, -0.25) is 0 Å². The number of nitrogens with one attached hydrogen (secondary N) is 4. The predicted octanol–water partition coefficient (Wildman–Crippen LogP) is 6.10. The quantitative estimate of drug-likeness (QED) is 0.107. The summed E-state index contributed by atoms with van der Waals surface area (Å²) in [6.07, 6.45) is 11.1. The Labute approximate surface area is 420 Å². The van der Waals surface area contributed by atoms with Crippen LogP contribution in [0, 0.1) is 11.6 Å². The molecule has 0 aliphatic carbocycles. The van der Waals surface area contributed by atoms with E-state index in [9.17, 15) is 9.59 Å². The van der Waals surface area contributed by atoms with E-state index in [0.717, 1.165) is 83.4 Å². The third-order valence-corrected chi connectivity index (χ3v) is 15.3. The first-order valence-electron chi connectivity index (χ1n) is 25.6. The number of urea groups is 2. The molecule has 72 heavy (non-hydrogen) atoms. The maximum absolute atomic E-state index is 16.2. The van der Waals surface area contributed by atoms with Crippen molar-refractivity contribution in [3.05, 3.63) is 108 Å². The average Bonchev–Trinajstić information content (AvgIpc) is 4.06. The number of piperazine rings is 2. The van der Waals surface area contributed by atoms with E-state index >= 15 is 8.78 Å². The van der Waals surface area contributed by atoms with E-state index in [2.05, 4.69) is 63.6 Å². The number of aromatic nitrogens is 4. The lowest BCUT2D eigenvalue weighted by Gasteiger charge is -2.37. The molecule has 18 heteroatoms. The molecule has 4 saturated heterocycles. The van der Waals surface area contributed by atoms with Gasteiger partial charge in [0, 0.05) is 126 Å². The third-order valence-electron chi connectivity index (χ3n) is 15.3. The molecule has 2 aromatic carbocycles. The van der Waals surface area contributed by atoms with Gasteiger partial charge in [-0.2, -0.15) is 5.10 Å². The van der Waals surface area contributed by atoms with Gasteiger partial charge < -0.3 is 50.3 Å². The van der Waals surface area contributed by atoms with Crippen LogP contribution in [0.5, 0.6) is 0 Å². The first kappa shape index (κ1) is 49.2. The smallest absolute Gasteiger partial charge is 0.317 e. The highest BCUT2D eigenvalue weighted by Crippen LogP contribution is 2.38. The standard InChI is InChI=1S/C54H68F2N12O4/c1-37(2)60-51(69)64-24-22-63(23-25-64)48-13-19-66(68-34-42(31-50(48)68)40-9-11-44(46(56)29-40)54(72-5)15-7-17-58-36-54)32-38(3)61-52(70)65-26-20-62(21-27-65)47-12-18-59-67-33-41(30-49(47)67)39-8-10-43(45(55)28-39)53(71-4)14-6-16-57-35-53/h8-13,18-19,28-31,33-34,37-38,57-58H,6-7,14-17,20-27,32,35-36H2,1-5H3,(H-,60,61,69,70)/p+1/t38?,53-,54+/m0/s1. The number of piperidine rings is 2. The summed E-state index contributed by atoms with van der Waals surface area (Å²) in [5.74, 6) is -0.584. The molecule has 4 fully saturated rings. The largest absolute Gasteiger partial charge is 0.372 e. The molecule has 0 radical (unpaired) electrons. The Morgan fingerprint density at radius 2 is 1.21 bits per heavy atom. The lowest BCUT2D eigenvalue weighted by Crippen LogP contribution is -2.56. The van der Waals surface area contributed by atoms with E-state index in [4.69, 9.17) is 9.47 Å². The molecular weight excluding hydrogens is 919 g/mol. The number of carbonyl (C=O) groups excluding carboxylic acids is 2. The Bertz CT molecular complexity index is 2910. The third kappa shape index (κ3) is 9.68. The summed E-state index contributed by atoms with van der Waals surface area (Å²) < 4.78 is 49.8. The molecule has 382 valence electrons. The molecule has 0 spiro atoms. The highest BCUT2D eigenvalue weighted by atomic mass is 19.1. The number of rotatable bonds is 12. The van der Waals surface area contributed by atoms with Crippen LogP contribution in [-0.4, -0.2) is 141 Å². The maximum Gasteiger partial charge on any atom is 0.317 e. The van der Waals surface area contributed by atoms with E-state index < -0.39 is 11.2 Å². The number of methoxy groups -OCH3 is 2. The molecule has 4 aliphatic rings. The molecule has 4 aromatic heterocycles. The number of halogens is 2. The number of hydrogen-bond donors (Lipinski definition) is 4. The Morgan fingerprint density at radius 3 is 1.72 bits per heavy atom. The van der Waals surface area contributed by atoms with Crippen LogP contribution >= 0.6 is 0 Å². The van der Waals surface area contributed by atoms with Gasteiger partial charge in [0.1, 0.15) is 28.4 Å². The number of anilines is 2. The summed E-state index contributed by atoms with van der Waals surface area (Å²) in [4.78, 5) is 35.1. The minimum Gasteiger partial charge on any atom is -0.372 e. The zero-order valence-corrected chi connectivity index (χ0v) is 42.2. The van der Waals surface area contributed by atoms with Crippen LogP contribution in [0.2, 0.25) is 0 Å². The minimum absolute atomic E-state index is 0.0545. The summed E-state index contributed by atoms with van der Waals surface area (Å²) in [7, 11) is 3.31. The molecule has 10 rings (SSSR count).